The van der Waals surface area contributed by atoms with Crippen molar-refractivity contribution in [2.45, 2.75) is 6.92 Å². The fourth-order valence-electron chi connectivity index (χ4n) is 0.794. The second kappa shape index (κ2) is 3.33. The van der Waals surface area contributed by atoms with Crippen molar-refractivity contribution in [3.63, 3.8) is 0 Å². The fourth-order valence-corrected chi connectivity index (χ4v) is 0.794. The Morgan fingerprint density at radius 1 is 1.44 bits per heavy atom. The van der Waals surface area contributed by atoms with Crippen LogP contribution in [0.1, 0.15) is 6.92 Å². The van der Waals surface area contributed by atoms with E-state index < -0.39 is 0 Å². The Balaban J connectivity index is 0.000000640. The lowest BCUT2D eigenvalue weighted by Crippen LogP contribution is -2.21. The van der Waals surface area contributed by atoms with Gasteiger partial charge in [-0.25, -0.2) is 0 Å². The van der Waals surface area contributed by atoms with Crippen molar-refractivity contribution >= 4 is 0 Å². The highest BCUT2D eigenvalue weighted by molar-refractivity contribution is 4.87. The molecule has 0 bridgehead atoms. The molecule has 0 aromatic rings. The predicted molar refractivity (Wildman–Crippen MR) is 36.7 cm³/mol. The number of nitrogens with zero attached hydrogens (tertiary/aromatic N) is 2. The Hall–Kier alpha value is -0.730. The lowest BCUT2D eigenvalue weighted by atomic mass is 10.6. The highest BCUT2D eigenvalue weighted by Crippen LogP contribution is 2.00. The van der Waals surface area contributed by atoms with Crippen LogP contribution in [0.5, 0.6) is 0 Å². The first kappa shape index (κ1) is 8.27. The molecule has 0 aromatic heterocycles. The smallest absolute Gasteiger partial charge is 0.0890 e. The first-order valence-corrected chi connectivity index (χ1v) is 2.95. The first-order chi connectivity index (χ1) is 3.83. The van der Waals surface area contributed by atoms with Crippen LogP contribution >= 0.6 is 0 Å². The van der Waals surface area contributed by atoms with Crippen molar-refractivity contribution in [1.29, 1.82) is 0 Å². The third kappa shape index (κ3) is 1.91. The van der Waals surface area contributed by atoms with E-state index in [1.165, 1.54) is 0 Å². The average molecular weight is 132 g/mol. The summed E-state index contributed by atoms with van der Waals surface area (Å²) in [7, 11) is 2.08. The Bertz CT molecular complexity index is 103. The molecule has 0 radical (unpaired) electrons. The topological polar surface area (TPSA) is 6.48 Å². The molecule has 0 spiro atoms. The summed E-state index contributed by atoms with van der Waals surface area (Å²) in [5.41, 5.74) is 0. The molecule has 54 valence electrons. The van der Waals surface area contributed by atoms with Gasteiger partial charge in [-0.15, -0.1) is 0 Å². The molecule has 0 fully saturated rings. The molecule has 1 aliphatic rings. The molecule has 2 nitrogen and oxygen atoms in total. The maximum atomic E-state index is 2.25. The van der Waals surface area contributed by atoms with E-state index in [0.29, 0.717) is 0 Å². The first-order valence-electron chi connectivity index (χ1n) is 2.95. The van der Waals surface area contributed by atoms with E-state index in [1.807, 2.05) is 0 Å². The second-order valence-corrected chi connectivity index (χ2v) is 2.10. The van der Waals surface area contributed by atoms with E-state index >= 15 is 0 Å². The zero-order chi connectivity index (χ0) is 5.98. The van der Waals surface area contributed by atoms with Crippen molar-refractivity contribution in [2.24, 2.45) is 0 Å². The Labute approximate surface area is 55.1 Å². The minimum Gasteiger partial charge on any atom is -0.362 e. The van der Waals surface area contributed by atoms with Crippen LogP contribution in [0.2, 0.25) is 0 Å². The molecule has 3 heteroatoms. The summed E-state index contributed by atoms with van der Waals surface area (Å²) >= 11 is 0. The van der Waals surface area contributed by atoms with E-state index in [2.05, 4.69) is 36.2 Å². The largest absolute Gasteiger partial charge is 0.362 e. The quantitative estimate of drug-likeness (QED) is 0.521. The lowest BCUT2D eigenvalue weighted by Gasteiger charge is -2.14. The van der Waals surface area contributed by atoms with E-state index in [4.69, 9.17) is 0 Å². The second-order valence-electron chi connectivity index (χ2n) is 2.10. The van der Waals surface area contributed by atoms with Gasteiger partial charge in [0.1, 0.15) is 0 Å². The van der Waals surface area contributed by atoms with Crippen molar-refractivity contribution in [1.82, 2.24) is 9.80 Å². The highest BCUT2D eigenvalue weighted by Gasteiger charge is 2.03. The van der Waals surface area contributed by atoms with Crippen LogP contribution < -0.4 is 0 Å². The fraction of sp³-hybridized carbons (Fsp3) is 0.667. The standard InChI is InChI=1S/C6H12N2.FH/c1-3-8-5-4-7(2)6-8;/h4-5H,3,6H2,1-2H3;1H. The van der Waals surface area contributed by atoms with Gasteiger partial charge in [-0.05, 0) is 6.92 Å². The average Bonchev–Trinajstić information content (AvgIpc) is 2.14. The molecular weight excluding hydrogens is 119 g/mol. The van der Waals surface area contributed by atoms with Gasteiger partial charge in [-0.3, -0.25) is 4.70 Å². The van der Waals surface area contributed by atoms with Crippen LogP contribution in [0.25, 0.3) is 0 Å². The SMILES string of the molecule is CCN1C=CN(C)C1.F. The minimum absolute atomic E-state index is 0. The summed E-state index contributed by atoms with van der Waals surface area (Å²) in [6.07, 6.45) is 4.20. The van der Waals surface area contributed by atoms with Crippen molar-refractivity contribution < 1.29 is 4.70 Å². The lowest BCUT2D eigenvalue weighted by molar-refractivity contribution is 0.308. The van der Waals surface area contributed by atoms with Crippen molar-refractivity contribution in [3.8, 4) is 0 Å². The predicted octanol–water partition coefficient (Wildman–Crippen LogP) is 0.835. The van der Waals surface area contributed by atoms with Gasteiger partial charge in [0.05, 0.1) is 6.67 Å². The summed E-state index contributed by atoms with van der Waals surface area (Å²) in [6.45, 7) is 4.32. The van der Waals surface area contributed by atoms with Crippen LogP contribution in [0.15, 0.2) is 12.4 Å². The third-order valence-electron chi connectivity index (χ3n) is 1.34. The van der Waals surface area contributed by atoms with Gasteiger partial charge in [0, 0.05) is 26.0 Å². The molecule has 0 aromatic carbocycles. The molecule has 1 rings (SSSR count). The van der Waals surface area contributed by atoms with Gasteiger partial charge >= 0.3 is 0 Å². The summed E-state index contributed by atoms with van der Waals surface area (Å²) in [4.78, 5) is 4.41. The summed E-state index contributed by atoms with van der Waals surface area (Å²) in [6, 6.07) is 0. The van der Waals surface area contributed by atoms with Crippen LogP contribution in [0.4, 0.5) is 4.70 Å². The number of hydrogen-bond acceptors (Lipinski definition) is 2. The monoisotopic (exact) mass is 132 g/mol. The zero-order valence-electron chi connectivity index (χ0n) is 5.87. The Morgan fingerprint density at radius 3 is 2.33 bits per heavy atom. The molecule has 0 amide bonds. The number of rotatable bonds is 1. The summed E-state index contributed by atoms with van der Waals surface area (Å²) in [5, 5.41) is 0. The minimum atomic E-state index is 0. The van der Waals surface area contributed by atoms with E-state index in [1.54, 1.807) is 0 Å². The molecule has 1 aliphatic heterocycles. The van der Waals surface area contributed by atoms with Crippen molar-refractivity contribution in [2.75, 3.05) is 20.3 Å². The van der Waals surface area contributed by atoms with Gasteiger partial charge < -0.3 is 9.80 Å². The Kier molecular flexibility index (Phi) is 3.06. The molecule has 1 heterocycles. The highest BCUT2D eigenvalue weighted by atomic mass is 19.0. The molecular formula is C6H13FN2. The molecule has 0 atom stereocenters. The van der Waals surface area contributed by atoms with Gasteiger partial charge in [0.15, 0.2) is 0 Å². The van der Waals surface area contributed by atoms with Crippen LogP contribution in [0.3, 0.4) is 0 Å². The Morgan fingerprint density at radius 2 is 2.11 bits per heavy atom. The normalized spacial score (nSPS) is 16.2. The van der Waals surface area contributed by atoms with Crippen LogP contribution in [-0.2, 0) is 0 Å². The van der Waals surface area contributed by atoms with Crippen molar-refractivity contribution in [3.05, 3.63) is 12.4 Å². The number of hydrogen-bond donors (Lipinski definition) is 0. The maximum absolute atomic E-state index is 2.25. The third-order valence-corrected chi connectivity index (χ3v) is 1.34. The van der Waals surface area contributed by atoms with Crippen LogP contribution in [0, 0.1) is 0 Å². The van der Waals surface area contributed by atoms with E-state index in [9.17, 15) is 0 Å². The van der Waals surface area contributed by atoms with Crippen LogP contribution in [-0.4, -0.2) is 30.1 Å². The van der Waals surface area contributed by atoms with Gasteiger partial charge in [-0.1, -0.05) is 0 Å². The van der Waals surface area contributed by atoms with Gasteiger partial charge in [-0.2, -0.15) is 0 Å². The molecule has 0 unspecified atom stereocenters. The molecule has 0 aliphatic carbocycles. The molecule has 0 N–H and O–H groups in total. The summed E-state index contributed by atoms with van der Waals surface area (Å²) in [5.74, 6) is 0. The number of halogens is 1. The maximum Gasteiger partial charge on any atom is 0.0890 e. The zero-order valence-corrected chi connectivity index (χ0v) is 5.87. The van der Waals surface area contributed by atoms with Gasteiger partial charge in [0.25, 0.3) is 0 Å². The van der Waals surface area contributed by atoms with E-state index in [0.717, 1.165) is 13.2 Å². The molecule has 0 saturated carbocycles. The molecule has 0 saturated heterocycles. The molecule has 9 heavy (non-hydrogen) atoms. The van der Waals surface area contributed by atoms with E-state index in [-0.39, 0.29) is 4.70 Å². The summed E-state index contributed by atoms with van der Waals surface area (Å²) < 4.78 is 0. The van der Waals surface area contributed by atoms with Gasteiger partial charge in [0.2, 0.25) is 0 Å².